The van der Waals surface area contributed by atoms with Crippen LogP contribution in [0.15, 0.2) is 0 Å². The maximum absolute atomic E-state index is 3.64. The van der Waals surface area contributed by atoms with Crippen molar-refractivity contribution in [3.63, 3.8) is 0 Å². The zero-order valence-corrected chi connectivity index (χ0v) is 12.8. The molecule has 0 saturated heterocycles. The Morgan fingerprint density at radius 2 is 1.50 bits per heavy atom. The van der Waals surface area contributed by atoms with Gasteiger partial charge in [0.05, 0.1) is 0 Å². The third kappa shape index (κ3) is 4.86. The molecule has 1 N–H and O–H groups in total. The van der Waals surface area contributed by atoms with Gasteiger partial charge in [-0.15, -0.1) is 0 Å². The highest BCUT2D eigenvalue weighted by Gasteiger charge is 2.36. The van der Waals surface area contributed by atoms with Gasteiger partial charge in [-0.1, -0.05) is 54.9 Å². The van der Waals surface area contributed by atoms with E-state index in [0.717, 1.165) is 12.5 Å². The highest BCUT2D eigenvalue weighted by Crippen LogP contribution is 2.44. The molecule has 0 aromatic rings. The minimum absolute atomic E-state index is 0.384. The Balaban J connectivity index is 4.32. The average molecular weight is 227 g/mol. The van der Waals surface area contributed by atoms with Crippen LogP contribution >= 0.6 is 0 Å². The molecule has 1 heteroatoms. The molecular formula is C15H33N. The van der Waals surface area contributed by atoms with Crippen LogP contribution in [-0.4, -0.2) is 12.6 Å². The first-order chi connectivity index (χ1) is 7.12. The summed E-state index contributed by atoms with van der Waals surface area (Å²) in [5.74, 6) is 0.741. The predicted molar refractivity (Wildman–Crippen MR) is 74.8 cm³/mol. The minimum atomic E-state index is 0.384. The molecule has 0 heterocycles. The molecule has 0 rings (SSSR count). The van der Waals surface area contributed by atoms with Gasteiger partial charge in [-0.2, -0.15) is 0 Å². The highest BCUT2D eigenvalue weighted by atomic mass is 14.9. The summed E-state index contributed by atoms with van der Waals surface area (Å²) in [6.07, 6.45) is 2.52. The number of nitrogens with one attached hydrogen (secondary N) is 1. The first-order valence-electron chi connectivity index (χ1n) is 6.85. The first-order valence-corrected chi connectivity index (χ1v) is 6.85. The molecule has 0 fully saturated rings. The second-order valence-electron chi connectivity index (χ2n) is 7.07. The van der Waals surface area contributed by atoms with Crippen LogP contribution in [0.25, 0.3) is 0 Å². The monoisotopic (exact) mass is 227 g/mol. The van der Waals surface area contributed by atoms with Gasteiger partial charge in [0.1, 0.15) is 0 Å². The summed E-state index contributed by atoms with van der Waals surface area (Å²) in [6.45, 7) is 19.8. The Hall–Kier alpha value is -0.0400. The van der Waals surface area contributed by atoms with E-state index in [2.05, 4.69) is 60.7 Å². The highest BCUT2D eigenvalue weighted by molar-refractivity contribution is 4.88. The van der Waals surface area contributed by atoms with Crippen molar-refractivity contribution in [3.8, 4) is 0 Å². The van der Waals surface area contributed by atoms with Crippen LogP contribution in [0.1, 0.15) is 68.2 Å². The van der Waals surface area contributed by atoms with E-state index in [4.69, 9.17) is 0 Å². The predicted octanol–water partition coefficient (Wildman–Crippen LogP) is 4.47. The summed E-state index contributed by atoms with van der Waals surface area (Å²) in [5, 5.41) is 3.64. The third-order valence-corrected chi connectivity index (χ3v) is 4.22. The molecule has 0 saturated carbocycles. The Kier molecular flexibility index (Phi) is 6.03. The zero-order valence-electron chi connectivity index (χ0n) is 12.8. The number of rotatable bonds is 6. The smallest absolute Gasteiger partial charge is 0.00442 e. The van der Waals surface area contributed by atoms with E-state index < -0.39 is 0 Å². The summed E-state index contributed by atoms with van der Waals surface area (Å²) >= 11 is 0. The van der Waals surface area contributed by atoms with E-state index in [-0.39, 0.29) is 0 Å². The van der Waals surface area contributed by atoms with E-state index in [9.17, 15) is 0 Å². The standard InChI is InChI=1S/C15H33N/c1-9-15(8,14(5,6)7)10-13(4)16-11-12(2)3/h12-13,16H,9-11H2,1-8H3. The van der Waals surface area contributed by atoms with E-state index in [1.165, 1.54) is 12.8 Å². The van der Waals surface area contributed by atoms with Gasteiger partial charge in [0.2, 0.25) is 0 Å². The fourth-order valence-electron chi connectivity index (χ4n) is 2.17. The Labute approximate surface area is 103 Å². The molecule has 0 aliphatic rings. The normalized spacial score (nSPS) is 18.6. The molecule has 0 amide bonds. The summed E-state index contributed by atoms with van der Waals surface area (Å²) < 4.78 is 0. The molecular weight excluding hydrogens is 194 g/mol. The molecule has 0 radical (unpaired) electrons. The third-order valence-electron chi connectivity index (χ3n) is 4.22. The quantitative estimate of drug-likeness (QED) is 0.706. The summed E-state index contributed by atoms with van der Waals surface area (Å²) in [7, 11) is 0. The van der Waals surface area contributed by atoms with Crippen molar-refractivity contribution in [1.29, 1.82) is 0 Å². The summed E-state index contributed by atoms with van der Waals surface area (Å²) in [6, 6.07) is 0.617. The van der Waals surface area contributed by atoms with E-state index in [0.29, 0.717) is 16.9 Å². The van der Waals surface area contributed by atoms with Gasteiger partial charge in [-0.3, -0.25) is 0 Å². The van der Waals surface area contributed by atoms with Crippen LogP contribution < -0.4 is 5.32 Å². The van der Waals surface area contributed by atoms with Crippen LogP contribution in [0.5, 0.6) is 0 Å². The maximum Gasteiger partial charge on any atom is 0.00442 e. The fraction of sp³-hybridized carbons (Fsp3) is 1.00. The van der Waals surface area contributed by atoms with Crippen molar-refractivity contribution in [1.82, 2.24) is 5.32 Å². The molecule has 16 heavy (non-hydrogen) atoms. The van der Waals surface area contributed by atoms with E-state index in [1.807, 2.05) is 0 Å². The average Bonchev–Trinajstić information content (AvgIpc) is 2.12. The Bertz CT molecular complexity index is 190. The largest absolute Gasteiger partial charge is 0.314 e. The molecule has 1 nitrogen and oxygen atoms in total. The molecule has 2 unspecified atom stereocenters. The lowest BCUT2D eigenvalue weighted by atomic mass is 9.63. The van der Waals surface area contributed by atoms with Crippen LogP contribution in [0.4, 0.5) is 0 Å². The second-order valence-corrected chi connectivity index (χ2v) is 7.07. The van der Waals surface area contributed by atoms with Gasteiger partial charge in [0, 0.05) is 6.04 Å². The number of hydrogen-bond donors (Lipinski definition) is 1. The summed E-state index contributed by atoms with van der Waals surface area (Å²) in [5.41, 5.74) is 0.811. The lowest BCUT2D eigenvalue weighted by Crippen LogP contribution is -2.40. The zero-order chi connectivity index (χ0) is 13.0. The maximum atomic E-state index is 3.64. The van der Waals surface area contributed by atoms with E-state index in [1.54, 1.807) is 0 Å². The van der Waals surface area contributed by atoms with Crippen LogP contribution in [0.2, 0.25) is 0 Å². The first kappa shape index (κ1) is 16.0. The molecule has 0 bridgehead atoms. The topological polar surface area (TPSA) is 12.0 Å². The molecule has 0 aromatic heterocycles. The van der Waals surface area contributed by atoms with Crippen molar-refractivity contribution in [3.05, 3.63) is 0 Å². The van der Waals surface area contributed by atoms with Gasteiger partial charge < -0.3 is 5.32 Å². The Morgan fingerprint density at radius 1 is 1.00 bits per heavy atom. The van der Waals surface area contributed by atoms with Crippen molar-refractivity contribution >= 4 is 0 Å². The Morgan fingerprint density at radius 3 is 1.81 bits per heavy atom. The van der Waals surface area contributed by atoms with Gasteiger partial charge in [-0.05, 0) is 36.6 Å². The minimum Gasteiger partial charge on any atom is -0.314 e. The molecule has 0 aliphatic heterocycles. The van der Waals surface area contributed by atoms with Crippen molar-refractivity contribution < 1.29 is 0 Å². The van der Waals surface area contributed by atoms with Crippen LogP contribution in [0, 0.1) is 16.7 Å². The molecule has 0 aliphatic carbocycles. The van der Waals surface area contributed by atoms with Gasteiger partial charge >= 0.3 is 0 Å². The van der Waals surface area contributed by atoms with Crippen molar-refractivity contribution in [2.24, 2.45) is 16.7 Å². The number of hydrogen-bond acceptors (Lipinski definition) is 1. The SMILES string of the molecule is CCC(C)(CC(C)NCC(C)C)C(C)(C)C. The molecule has 0 aromatic carbocycles. The summed E-state index contributed by atoms with van der Waals surface area (Å²) in [4.78, 5) is 0. The van der Waals surface area contributed by atoms with Gasteiger partial charge in [0.15, 0.2) is 0 Å². The van der Waals surface area contributed by atoms with Gasteiger partial charge in [0.25, 0.3) is 0 Å². The second kappa shape index (κ2) is 6.05. The van der Waals surface area contributed by atoms with Crippen LogP contribution in [-0.2, 0) is 0 Å². The lowest BCUT2D eigenvalue weighted by molar-refractivity contribution is 0.0786. The van der Waals surface area contributed by atoms with Crippen molar-refractivity contribution in [2.45, 2.75) is 74.3 Å². The molecule has 2 atom stereocenters. The van der Waals surface area contributed by atoms with Crippen molar-refractivity contribution in [2.75, 3.05) is 6.54 Å². The molecule has 98 valence electrons. The lowest BCUT2D eigenvalue weighted by Gasteiger charge is -2.43. The fourth-order valence-corrected chi connectivity index (χ4v) is 2.17. The van der Waals surface area contributed by atoms with Gasteiger partial charge in [-0.25, -0.2) is 0 Å². The molecule has 0 spiro atoms. The van der Waals surface area contributed by atoms with E-state index >= 15 is 0 Å². The van der Waals surface area contributed by atoms with Crippen LogP contribution in [0.3, 0.4) is 0 Å².